The second-order valence-electron chi connectivity index (χ2n) is 5.47. The van der Waals surface area contributed by atoms with E-state index in [1.165, 1.54) is 35.3 Å². The van der Waals surface area contributed by atoms with Crippen LogP contribution in [0.4, 0.5) is 11.4 Å². The van der Waals surface area contributed by atoms with Crippen LogP contribution in [0.25, 0.3) is 0 Å². The lowest BCUT2D eigenvalue weighted by atomic mass is 10.2. The van der Waals surface area contributed by atoms with Gasteiger partial charge in [-0.3, -0.25) is 9.10 Å². The molecule has 0 spiro atoms. The number of ether oxygens (including phenoxy) is 1. The first kappa shape index (κ1) is 18.8. The second-order valence-corrected chi connectivity index (χ2v) is 7.44. The van der Waals surface area contributed by atoms with Crippen LogP contribution >= 0.6 is 0 Å². The number of anilines is 2. The lowest BCUT2D eigenvalue weighted by Crippen LogP contribution is -2.27. The third-order valence-electron chi connectivity index (χ3n) is 3.87. The molecular weight excluding hydrogens is 340 g/mol. The maximum atomic E-state index is 12.7. The zero-order chi connectivity index (χ0) is 18.6. The first-order valence-corrected chi connectivity index (χ1v) is 9.27. The third kappa shape index (κ3) is 4.11. The summed E-state index contributed by atoms with van der Waals surface area (Å²) in [5.74, 6) is 0.531. The van der Waals surface area contributed by atoms with Gasteiger partial charge in [-0.05, 0) is 55.5 Å². The first-order valence-electron chi connectivity index (χ1n) is 7.83. The van der Waals surface area contributed by atoms with Gasteiger partial charge in [0.05, 0.1) is 17.2 Å². The number of carbonyl (C=O) groups excluding carboxylic acids is 1. The molecule has 0 saturated heterocycles. The van der Waals surface area contributed by atoms with Crippen LogP contribution in [0.1, 0.15) is 13.8 Å². The highest BCUT2D eigenvalue weighted by Crippen LogP contribution is 2.25. The molecule has 0 aromatic heterocycles. The molecule has 0 aliphatic rings. The molecular formula is C18H22N2O4S. The van der Waals surface area contributed by atoms with Crippen LogP contribution in [-0.4, -0.2) is 35.0 Å². The van der Waals surface area contributed by atoms with Crippen molar-refractivity contribution in [3.05, 3.63) is 48.5 Å². The van der Waals surface area contributed by atoms with Crippen LogP contribution in [0.15, 0.2) is 53.4 Å². The molecule has 25 heavy (non-hydrogen) atoms. The van der Waals surface area contributed by atoms with E-state index in [4.69, 9.17) is 4.74 Å². The fourth-order valence-corrected chi connectivity index (χ4v) is 3.43. The smallest absolute Gasteiger partial charge is 0.264 e. The Hall–Kier alpha value is -2.54. The molecule has 2 aromatic carbocycles. The van der Waals surface area contributed by atoms with E-state index in [0.717, 1.165) is 0 Å². The van der Waals surface area contributed by atoms with Crippen molar-refractivity contribution < 1.29 is 17.9 Å². The summed E-state index contributed by atoms with van der Waals surface area (Å²) in [5, 5.41) is 0. The van der Waals surface area contributed by atoms with E-state index in [1.54, 1.807) is 43.4 Å². The predicted molar refractivity (Wildman–Crippen MR) is 98.7 cm³/mol. The molecule has 0 N–H and O–H groups in total. The van der Waals surface area contributed by atoms with Gasteiger partial charge >= 0.3 is 0 Å². The molecule has 7 heteroatoms. The van der Waals surface area contributed by atoms with E-state index in [-0.39, 0.29) is 10.8 Å². The maximum Gasteiger partial charge on any atom is 0.264 e. The number of sulfonamides is 1. The highest BCUT2D eigenvalue weighted by Gasteiger charge is 2.21. The van der Waals surface area contributed by atoms with Gasteiger partial charge in [-0.2, -0.15) is 0 Å². The number of carbonyl (C=O) groups is 1. The number of nitrogens with zero attached hydrogens (tertiary/aromatic N) is 2. The van der Waals surface area contributed by atoms with E-state index in [0.29, 0.717) is 23.7 Å². The summed E-state index contributed by atoms with van der Waals surface area (Å²) in [6.07, 6.45) is 0. The summed E-state index contributed by atoms with van der Waals surface area (Å²) in [7, 11) is -0.516. The van der Waals surface area contributed by atoms with E-state index < -0.39 is 10.0 Å². The minimum atomic E-state index is -3.68. The molecule has 0 heterocycles. The summed E-state index contributed by atoms with van der Waals surface area (Å²) in [6.45, 7) is 3.86. The van der Waals surface area contributed by atoms with Gasteiger partial charge in [0.1, 0.15) is 5.75 Å². The van der Waals surface area contributed by atoms with E-state index in [9.17, 15) is 13.2 Å². The molecule has 2 aromatic rings. The molecule has 0 bridgehead atoms. The molecule has 0 atom stereocenters. The van der Waals surface area contributed by atoms with Crippen LogP contribution in [0, 0.1) is 0 Å². The SMILES string of the molecule is CCOc1ccc(S(=O)(=O)N(C)c2ccc(N(C)C(C)=O)cc2)cc1. The minimum Gasteiger partial charge on any atom is -0.494 e. The van der Waals surface area contributed by atoms with Crippen molar-refractivity contribution >= 4 is 27.3 Å². The molecule has 2 rings (SSSR count). The summed E-state index contributed by atoms with van der Waals surface area (Å²) in [6, 6.07) is 13.1. The van der Waals surface area contributed by atoms with E-state index in [2.05, 4.69) is 0 Å². The van der Waals surface area contributed by atoms with Crippen molar-refractivity contribution in [3.63, 3.8) is 0 Å². The number of hydrogen-bond acceptors (Lipinski definition) is 4. The minimum absolute atomic E-state index is 0.0943. The average Bonchev–Trinajstić information content (AvgIpc) is 2.61. The topological polar surface area (TPSA) is 66.9 Å². The summed E-state index contributed by atoms with van der Waals surface area (Å²) < 4.78 is 32.0. The van der Waals surface area contributed by atoms with Crippen molar-refractivity contribution in [1.29, 1.82) is 0 Å². The van der Waals surface area contributed by atoms with Crippen molar-refractivity contribution in [1.82, 2.24) is 0 Å². The largest absolute Gasteiger partial charge is 0.494 e. The Morgan fingerprint density at radius 1 is 0.960 bits per heavy atom. The molecule has 6 nitrogen and oxygen atoms in total. The van der Waals surface area contributed by atoms with Crippen molar-refractivity contribution in [2.45, 2.75) is 18.7 Å². The van der Waals surface area contributed by atoms with Gasteiger partial charge in [-0.25, -0.2) is 8.42 Å². The number of rotatable bonds is 6. The van der Waals surface area contributed by atoms with Gasteiger partial charge in [0.2, 0.25) is 5.91 Å². The van der Waals surface area contributed by atoms with E-state index in [1.807, 2.05) is 6.92 Å². The fourth-order valence-electron chi connectivity index (χ4n) is 2.24. The van der Waals surface area contributed by atoms with Gasteiger partial charge < -0.3 is 9.64 Å². The summed E-state index contributed by atoms with van der Waals surface area (Å²) >= 11 is 0. The number of benzene rings is 2. The molecule has 0 radical (unpaired) electrons. The van der Waals surface area contributed by atoms with Gasteiger partial charge in [0, 0.05) is 26.7 Å². The van der Waals surface area contributed by atoms with Crippen LogP contribution in [0.2, 0.25) is 0 Å². The highest BCUT2D eigenvalue weighted by atomic mass is 32.2. The monoisotopic (exact) mass is 362 g/mol. The van der Waals surface area contributed by atoms with Crippen LogP contribution in [-0.2, 0) is 14.8 Å². The highest BCUT2D eigenvalue weighted by molar-refractivity contribution is 7.92. The van der Waals surface area contributed by atoms with Gasteiger partial charge in [0.15, 0.2) is 0 Å². The van der Waals surface area contributed by atoms with Crippen molar-refractivity contribution in [2.75, 3.05) is 29.9 Å². The number of amides is 1. The fraction of sp³-hybridized carbons (Fsp3) is 0.278. The van der Waals surface area contributed by atoms with Crippen molar-refractivity contribution in [2.24, 2.45) is 0 Å². The molecule has 0 fully saturated rings. The third-order valence-corrected chi connectivity index (χ3v) is 5.67. The predicted octanol–water partition coefficient (Wildman–Crippen LogP) is 2.89. The molecule has 0 aliphatic carbocycles. The van der Waals surface area contributed by atoms with Gasteiger partial charge in [-0.1, -0.05) is 0 Å². The van der Waals surface area contributed by atoms with Gasteiger partial charge in [-0.15, -0.1) is 0 Å². The average molecular weight is 362 g/mol. The molecule has 134 valence electrons. The lowest BCUT2D eigenvalue weighted by Gasteiger charge is -2.21. The second kappa shape index (κ2) is 7.57. The Labute approximate surface area is 148 Å². The molecule has 0 unspecified atom stereocenters. The summed E-state index contributed by atoms with van der Waals surface area (Å²) in [4.78, 5) is 13.1. The first-order chi connectivity index (χ1) is 11.8. The zero-order valence-corrected chi connectivity index (χ0v) is 15.6. The molecule has 1 amide bonds. The van der Waals surface area contributed by atoms with Crippen molar-refractivity contribution in [3.8, 4) is 5.75 Å². The zero-order valence-electron chi connectivity index (χ0n) is 14.8. The Morgan fingerprint density at radius 3 is 1.96 bits per heavy atom. The Kier molecular flexibility index (Phi) is 5.69. The Morgan fingerprint density at radius 2 is 1.48 bits per heavy atom. The standard InChI is InChI=1S/C18H22N2O4S/c1-5-24-17-10-12-18(13-11-17)25(22,23)20(4)16-8-6-15(7-9-16)19(3)14(2)21/h6-13H,5H2,1-4H3. The lowest BCUT2D eigenvalue weighted by molar-refractivity contribution is -0.116. The van der Waals surface area contributed by atoms with Gasteiger partial charge in [0.25, 0.3) is 10.0 Å². The number of hydrogen-bond donors (Lipinski definition) is 0. The molecule has 0 saturated carbocycles. The van der Waals surface area contributed by atoms with Crippen LogP contribution < -0.4 is 13.9 Å². The molecule has 0 aliphatic heterocycles. The maximum absolute atomic E-state index is 12.7. The summed E-state index contributed by atoms with van der Waals surface area (Å²) in [5.41, 5.74) is 1.21. The van der Waals surface area contributed by atoms with Crippen LogP contribution in [0.3, 0.4) is 0 Å². The van der Waals surface area contributed by atoms with Crippen LogP contribution in [0.5, 0.6) is 5.75 Å². The van der Waals surface area contributed by atoms with E-state index >= 15 is 0 Å². The Balaban J connectivity index is 2.25. The Bertz CT molecular complexity index is 830. The quantitative estimate of drug-likeness (QED) is 0.792. The normalized spacial score (nSPS) is 11.0.